The highest BCUT2D eigenvalue weighted by Gasteiger charge is 2.25. The van der Waals surface area contributed by atoms with Gasteiger partial charge in [-0.25, -0.2) is 9.78 Å². The van der Waals surface area contributed by atoms with E-state index in [1.54, 1.807) is 17.9 Å². The first-order valence-electron chi connectivity index (χ1n) is 10.7. The van der Waals surface area contributed by atoms with E-state index in [4.69, 9.17) is 9.47 Å². The molecule has 0 spiro atoms. The van der Waals surface area contributed by atoms with Gasteiger partial charge in [0.05, 0.1) is 31.8 Å². The largest absolute Gasteiger partial charge is 0.497 e. The van der Waals surface area contributed by atoms with Gasteiger partial charge in [-0.3, -0.25) is 4.79 Å². The number of allylic oxidation sites excluding steroid dienone is 1. The van der Waals surface area contributed by atoms with E-state index in [0.717, 1.165) is 17.0 Å². The minimum Gasteiger partial charge on any atom is -0.497 e. The summed E-state index contributed by atoms with van der Waals surface area (Å²) in [5.41, 5.74) is 4.33. The van der Waals surface area contributed by atoms with Crippen LogP contribution in [0, 0.1) is 0 Å². The Morgan fingerprint density at radius 3 is 2.45 bits per heavy atom. The number of anilines is 2. The molecule has 2 N–H and O–H groups in total. The molecule has 0 saturated carbocycles. The fourth-order valence-electron chi connectivity index (χ4n) is 3.56. The van der Waals surface area contributed by atoms with Gasteiger partial charge in [-0.2, -0.15) is 0 Å². The van der Waals surface area contributed by atoms with Gasteiger partial charge in [0, 0.05) is 25.4 Å². The Morgan fingerprint density at radius 1 is 1.12 bits per heavy atom. The van der Waals surface area contributed by atoms with Crippen LogP contribution in [0.4, 0.5) is 11.4 Å². The molecule has 0 fully saturated rings. The third-order valence-electron chi connectivity index (χ3n) is 5.18. The van der Waals surface area contributed by atoms with Crippen LogP contribution >= 0.6 is 0 Å². The number of aromatic nitrogens is 2. The normalized spacial score (nSPS) is 10.6. The smallest absolute Gasteiger partial charge is 0.356 e. The molecule has 0 saturated heterocycles. The van der Waals surface area contributed by atoms with Crippen molar-refractivity contribution in [3.8, 4) is 5.75 Å². The lowest BCUT2D eigenvalue weighted by Crippen LogP contribution is -2.16. The SMILES string of the molecule is COC(=O)c1c(NC(C)=O)c2cc(NCC=C(C)C)cnc2n1CCc1ccc(OC)cc1. The molecule has 3 aromatic rings. The molecular weight excluding hydrogens is 420 g/mol. The van der Waals surface area contributed by atoms with E-state index >= 15 is 0 Å². The number of amides is 1. The van der Waals surface area contributed by atoms with Crippen molar-refractivity contribution >= 4 is 34.3 Å². The Balaban J connectivity index is 2.05. The maximum Gasteiger partial charge on any atom is 0.356 e. The molecule has 3 rings (SSSR count). The van der Waals surface area contributed by atoms with E-state index in [1.807, 2.05) is 44.2 Å². The first-order chi connectivity index (χ1) is 15.8. The lowest BCUT2D eigenvalue weighted by atomic mass is 10.1. The fourth-order valence-corrected chi connectivity index (χ4v) is 3.56. The summed E-state index contributed by atoms with van der Waals surface area (Å²) in [6, 6.07) is 9.65. The molecule has 0 unspecified atom stereocenters. The topological polar surface area (TPSA) is 94.5 Å². The van der Waals surface area contributed by atoms with Crippen LogP contribution in [0.1, 0.15) is 36.8 Å². The summed E-state index contributed by atoms with van der Waals surface area (Å²) in [6.07, 6.45) is 4.45. The second-order valence-corrected chi connectivity index (χ2v) is 7.90. The first kappa shape index (κ1) is 23.8. The van der Waals surface area contributed by atoms with Crippen LogP contribution in [0.3, 0.4) is 0 Å². The van der Waals surface area contributed by atoms with Gasteiger partial charge in [0.15, 0.2) is 5.69 Å². The third kappa shape index (κ3) is 5.71. The zero-order valence-electron chi connectivity index (χ0n) is 19.7. The summed E-state index contributed by atoms with van der Waals surface area (Å²) in [4.78, 5) is 29.4. The monoisotopic (exact) mass is 450 g/mol. The minimum atomic E-state index is -0.537. The average molecular weight is 451 g/mol. The summed E-state index contributed by atoms with van der Waals surface area (Å²) in [5.74, 6) is -0.0362. The predicted molar refractivity (Wildman–Crippen MR) is 130 cm³/mol. The molecule has 1 aromatic carbocycles. The number of pyridine rings is 1. The zero-order chi connectivity index (χ0) is 24.0. The molecule has 0 aliphatic rings. The Kier molecular flexibility index (Phi) is 7.71. The van der Waals surface area contributed by atoms with E-state index in [1.165, 1.54) is 19.6 Å². The summed E-state index contributed by atoms with van der Waals surface area (Å²) in [5, 5.41) is 6.78. The Labute approximate surface area is 193 Å². The van der Waals surface area contributed by atoms with Gasteiger partial charge in [0.25, 0.3) is 0 Å². The molecule has 0 aliphatic carbocycles. The van der Waals surface area contributed by atoms with E-state index in [9.17, 15) is 9.59 Å². The number of ether oxygens (including phenoxy) is 2. The number of hydrogen-bond donors (Lipinski definition) is 2. The molecular formula is C25H30N4O4. The quantitative estimate of drug-likeness (QED) is 0.370. The van der Waals surface area contributed by atoms with Crippen LogP contribution in [0.15, 0.2) is 48.2 Å². The van der Waals surface area contributed by atoms with Gasteiger partial charge in [-0.05, 0) is 44.0 Å². The van der Waals surface area contributed by atoms with Crippen LogP contribution in [0.5, 0.6) is 5.75 Å². The van der Waals surface area contributed by atoms with Crippen molar-refractivity contribution in [3.05, 3.63) is 59.4 Å². The second kappa shape index (κ2) is 10.7. The number of hydrogen-bond acceptors (Lipinski definition) is 6. The molecule has 8 heteroatoms. The van der Waals surface area contributed by atoms with Crippen molar-refractivity contribution in [1.82, 2.24) is 9.55 Å². The molecule has 0 radical (unpaired) electrons. The fraction of sp³-hybridized carbons (Fsp3) is 0.320. The van der Waals surface area contributed by atoms with Gasteiger partial charge in [0.2, 0.25) is 5.91 Å². The lowest BCUT2D eigenvalue weighted by molar-refractivity contribution is -0.114. The van der Waals surface area contributed by atoms with Crippen molar-refractivity contribution < 1.29 is 19.1 Å². The molecule has 0 bridgehead atoms. The standard InChI is InChI=1S/C25H30N4O4/c1-16(2)10-12-26-19-14-21-22(28-17(3)30)23(25(31)33-5)29(24(21)27-15-19)13-11-18-6-8-20(32-4)9-7-18/h6-10,14-15,26H,11-13H2,1-5H3,(H,28,30). The number of carbonyl (C=O) groups excluding carboxylic acids is 2. The van der Waals surface area contributed by atoms with E-state index in [2.05, 4.69) is 21.7 Å². The van der Waals surface area contributed by atoms with Crippen LogP contribution in [-0.4, -0.2) is 42.2 Å². The summed E-state index contributed by atoms with van der Waals surface area (Å²) >= 11 is 0. The average Bonchev–Trinajstić information content (AvgIpc) is 3.09. The van der Waals surface area contributed by atoms with Crippen molar-refractivity contribution in [3.63, 3.8) is 0 Å². The number of carbonyl (C=O) groups is 2. The number of nitrogens with zero attached hydrogens (tertiary/aromatic N) is 2. The number of esters is 1. The van der Waals surface area contributed by atoms with E-state index in [0.29, 0.717) is 36.2 Å². The van der Waals surface area contributed by atoms with Gasteiger partial charge in [-0.15, -0.1) is 0 Å². The number of rotatable bonds is 9. The second-order valence-electron chi connectivity index (χ2n) is 7.90. The zero-order valence-corrected chi connectivity index (χ0v) is 19.7. The maximum absolute atomic E-state index is 12.8. The highest BCUT2D eigenvalue weighted by atomic mass is 16.5. The molecule has 0 atom stereocenters. The van der Waals surface area contributed by atoms with Crippen molar-refractivity contribution in [1.29, 1.82) is 0 Å². The predicted octanol–water partition coefficient (Wildman–Crippen LogP) is 4.41. The van der Waals surface area contributed by atoms with Crippen LogP contribution < -0.4 is 15.4 Å². The number of benzene rings is 1. The van der Waals surface area contributed by atoms with Crippen LogP contribution in [0.25, 0.3) is 11.0 Å². The van der Waals surface area contributed by atoms with Crippen LogP contribution in [0.2, 0.25) is 0 Å². The summed E-state index contributed by atoms with van der Waals surface area (Å²) in [6.45, 7) is 6.59. The van der Waals surface area contributed by atoms with Crippen molar-refractivity contribution in [2.45, 2.75) is 33.7 Å². The molecule has 1 amide bonds. The number of fused-ring (bicyclic) bond motifs is 1. The Hall–Kier alpha value is -3.81. The molecule has 2 heterocycles. The first-order valence-corrected chi connectivity index (χ1v) is 10.7. The highest BCUT2D eigenvalue weighted by Crippen LogP contribution is 2.33. The highest BCUT2D eigenvalue weighted by molar-refractivity contribution is 6.10. The third-order valence-corrected chi connectivity index (χ3v) is 5.18. The summed E-state index contributed by atoms with van der Waals surface area (Å²) in [7, 11) is 2.95. The number of aryl methyl sites for hydroxylation is 2. The maximum atomic E-state index is 12.8. The van der Waals surface area contributed by atoms with Gasteiger partial charge in [0.1, 0.15) is 11.4 Å². The number of nitrogens with one attached hydrogen (secondary N) is 2. The van der Waals surface area contributed by atoms with Crippen molar-refractivity contribution in [2.24, 2.45) is 0 Å². The number of methoxy groups -OCH3 is 2. The van der Waals surface area contributed by atoms with Crippen molar-refractivity contribution in [2.75, 3.05) is 31.4 Å². The lowest BCUT2D eigenvalue weighted by Gasteiger charge is -2.11. The molecule has 0 aliphatic heterocycles. The molecule has 174 valence electrons. The van der Waals surface area contributed by atoms with E-state index in [-0.39, 0.29) is 11.6 Å². The van der Waals surface area contributed by atoms with Gasteiger partial charge >= 0.3 is 5.97 Å². The minimum absolute atomic E-state index is 0.269. The Bertz CT molecular complexity index is 1180. The van der Waals surface area contributed by atoms with E-state index < -0.39 is 5.97 Å². The molecule has 2 aromatic heterocycles. The van der Waals surface area contributed by atoms with Crippen LogP contribution in [-0.2, 0) is 22.5 Å². The Morgan fingerprint density at radius 2 is 1.85 bits per heavy atom. The van der Waals surface area contributed by atoms with Gasteiger partial charge < -0.3 is 24.7 Å². The molecule has 33 heavy (non-hydrogen) atoms. The summed E-state index contributed by atoms with van der Waals surface area (Å²) < 4.78 is 12.1. The van der Waals surface area contributed by atoms with Gasteiger partial charge in [-0.1, -0.05) is 23.8 Å². The molecule has 8 nitrogen and oxygen atoms in total.